The van der Waals surface area contributed by atoms with Crippen LogP contribution in [0, 0.1) is 0 Å². The molecule has 0 radical (unpaired) electrons. The third-order valence-corrected chi connectivity index (χ3v) is 4.01. The fraction of sp³-hybridized carbons (Fsp3) is 0.600. The van der Waals surface area contributed by atoms with Crippen molar-refractivity contribution >= 4 is 27.3 Å². The lowest BCUT2D eigenvalue weighted by atomic mass is 10.1. The summed E-state index contributed by atoms with van der Waals surface area (Å²) in [5.41, 5.74) is 0. The molecule has 1 aromatic heterocycles. The Labute approximate surface area is 87.1 Å². The molecule has 12 heavy (non-hydrogen) atoms. The highest BCUT2D eigenvalue weighted by molar-refractivity contribution is 9.09. The Morgan fingerprint density at radius 3 is 3.00 bits per heavy atom. The van der Waals surface area contributed by atoms with E-state index in [1.165, 1.54) is 30.6 Å². The Bertz CT molecular complexity index is 194. The molecule has 1 heterocycles. The van der Waals surface area contributed by atoms with Crippen LogP contribution >= 0.6 is 27.3 Å². The van der Waals surface area contributed by atoms with Crippen molar-refractivity contribution in [3.63, 3.8) is 0 Å². The van der Waals surface area contributed by atoms with E-state index < -0.39 is 0 Å². The molecule has 0 N–H and O–H groups in total. The maximum atomic E-state index is 3.64. The lowest BCUT2D eigenvalue weighted by Gasteiger charge is -2.04. The normalized spacial score (nSPS) is 13.2. The largest absolute Gasteiger partial charge is 0.149 e. The van der Waals surface area contributed by atoms with E-state index in [-0.39, 0.29) is 0 Å². The van der Waals surface area contributed by atoms with E-state index in [1.807, 2.05) is 11.3 Å². The molecular weight excluding hydrogens is 232 g/mol. The van der Waals surface area contributed by atoms with Crippen molar-refractivity contribution in [3.05, 3.63) is 22.4 Å². The summed E-state index contributed by atoms with van der Waals surface area (Å²) < 4.78 is 0. The number of halogens is 1. The molecule has 0 aliphatic carbocycles. The van der Waals surface area contributed by atoms with Gasteiger partial charge in [-0.15, -0.1) is 11.3 Å². The van der Waals surface area contributed by atoms with Gasteiger partial charge in [-0.05, 0) is 37.1 Å². The third-order valence-electron chi connectivity index (χ3n) is 1.96. The Morgan fingerprint density at radius 1 is 1.58 bits per heavy atom. The van der Waals surface area contributed by atoms with Gasteiger partial charge in [-0.25, -0.2) is 0 Å². The number of hydrogen-bond acceptors (Lipinski definition) is 1. The summed E-state index contributed by atoms with van der Waals surface area (Å²) in [6.45, 7) is 2.23. The Balaban J connectivity index is 2.11. The van der Waals surface area contributed by atoms with Gasteiger partial charge in [0.1, 0.15) is 0 Å². The van der Waals surface area contributed by atoms with Gasteiger partial charge in [0.25, 0.3) is 0 Å². The quantitative estimate of drug-likeness (QED) is 0.682. The van der Waals surface area contributed by atoms with Crippen molar-refractivity contribution < 1.29 is 0 Å². The van der Waals surface area contributed by atoms with Crippen molar-refractivity contribution in [1.82, 2.24) is 0 Å². The Morgan fingerprint density at radius 2 is 2.42 bits per heavy atom. The van der Waals surface area contributed by atoms with E-state index in [2.05, 4.69) is 40.4 Å². The van der Waals surface area contributed by atoms with Crippen LogP contribution in [0.3, 0.4) is 0 Å². The van der Waals surface area contributed by atoms with Gasteiger partial charge in [-0.3, -0.25) is 0 Å². The predicted molar refractivity (Wildman–Crippen MR) is 60.3 cm³/mol. The van der Waals surface area contributed by atoms with E-state index >= 15 is 0 Å². The monoisotopic (exact) mass is 246 g/mol. The van der Waals surface area contributed by atoms with Gasteiger partial charge >= 0.3 is 0 Å². The number of rotatable bonds is 5. The van der Waals surface area contributed by atoms with E-state index in [4.69, 9.17) is 0 Å². The maximum Gasteiger partial charge on any atom is 0.0143 e. The summed E-state index contributed by atoms with van der Waals surface area (Å²) in [4.78, 5) is 2.24. The van der Waals surface area contributed by atoms with E-state index in [0.29, 0.717) is 0 Å². The van der Waals surface area contributed by atoms with Crippen LogP contribution in [0.2, 0.25) is 0 Å². The molecule has 0 nitrogen and oxygen atoms in total. The summed E-state index contributed by atoms with van der Waals surface area (Å²) in [5.74, 6) is 0. The number of hydrogen-bond donors (Lipinski definition) is 0. The summed E-state index contributed by atoms with van der Waals surface area (Å²) in [5, 5.41) is 2.15. The predicted octanol–water partition coefficient (Wildman–Crippen LogP) is 4.24. The minimum absolute atomic E-state index is 0.720. The molecule has 0 saturated heterocycles. The maximum absolute atomic E-state index is 3.64. The summed E-state index contributed by atoms with van der Waals surface area (Å²) in [6.07, 6.45) is 5.10. The first-order valence-electron chi connectivity index (χ1n) is 4.49. The van der Waals surface area contributed by atoms with Gasteiger partial charge in [0.05, 0.1) is 0 Å². The molecular formula is C10H15BrS. The zero-order valence-electron chi connectivity index (χ0n) is 7.42. The van der Waals surface area contributed by atoms with Crippen LogP contribution < -0.4 is 0 Å². The molecule has 0 aromatic carbocycles. The molecule has 0 bridgehead atoms. The molecule has 1 aromatic rings. The number of thiophene rings is 1. The third kappa shape index (κ3) is 3.72. The number of aryl methyl sites for hydroxylation is 1. The van der Waals surface area contributed by atoms with Crippen molar-refractivity contribution in [2.45, 2.75) is 37.4 Å². The van der Waals surface area contributed by atoms with Gasteiger partial charge in [0.2, 0.25) is 0 Å². The average molecular weight is 247 g/mol. The van der Waals surface area contributed by atoms with Crippen molar-refractivity contribution in [3.8, 4) is 0 Å². The molecule has 1 unspecified atom stereocenters. The highest BCUT2D eigenvalue weighted by atomic mass is 79.9. The van der Waals surface area contributed by atoms with Crippen molar-refractivity contribution in [2.75, 3.05) is 0 Å². The molecule has 0 saturated carbocycles. The Hall–Kier alpha value is 0.180. The fourth-order valence-electron chi connectivity index (χ4n) is 1.16. The van der Waals surface area contributed by atoms with Crippen molar-refractivity contribution in [2.24, 2.45) is 0 Å². The van der Waals surface area contributed by atoms with Crippen LogP contribution in [0.4, 0.5) is 0 Å². The van der Waals surface area contributed by atoms with Crippen LogP contribution in [0.1, 0.15) is 31.1 Å². The summed E-state index contributed by atoms with van der Waals surface area (Å²) >= 11 is 5.51. The molecule has 68 valence electrons. The SMILES string of the molecule is CCC(Br)CCCc1cccs1. The van der Waals surface area contributed by atoms with Crippen LogP contribution in [0.5, 0.6) is 0 Å². The zero-order chi connectivity index (χ0) is 8.81. The van der Waals surface area contributed by atoms with Crippen LogP contribution in [-0.4, -0.2) is 4.83 Å². The fourth-order valence-corrected chi connectivity index (χ4v) is 2.23. The van der Waals surface area contributed by atoms with E-state index in [1.54, 1.807) is 0 Å². The highest BCUT2D eigenvalue weighted by Gasteiger charge is 2.00. The second-order valence-electron chi connectivity index (χ2n) is 2.98. The standard InChI is InChI=1S/C10H15BrS/c1-2-9(11)5-3-6-10-7-4-8-12-10/h4,7-9H,2-3,5-6H2,1H3. The molecule has 2 heteroatoms. The molecule has 1 atom stereocenters. The van der Waals surface area contributed by atoms with Crippen molar-refractivity contribution in [1.29, 1.82) is 0 Å². The smallest absolute Gasteiger partial charge is 0.0143 e. The molecule has 0 aliphatic heterocycles. The lowest BCUT2D eigenvalue weighted by molar-refractivity contribution is 0.693. The van der Waals surface area contributed by atoms with Crippen LogP contribution in [-0.2, 0) is 6.42 Å². The minimum atomic E-state index is 0.720. The highest BCUT2D eigenvalue weighted by Crippen LogP contribution is 2.16. The van der Waals surface area contributed by atoms with Crippen LogP contribution in [0.15, 0.2) is 17.5 Å². The Kier molecular flexibility index (Phi) is 4.93. The number of alkyl halides is 1. The first-order valence-corrected chi connectivity index (χ1v) is 6.29. The lowest BCUT2D eigenvalue weighted by Crippen LogP contribution is -1.95. The average Bonchev–Trinajstić information content (AvgIpc) is 2.57. The second kappa shape index (κ2) is 5.76. The minimum Gasteiger partial charge on any atom is -0.149 e. The van der Waals surface area contributed by atoms with Crippen LogP contribution in [0.25, 0.3) is 0 Å². The second-order valence-corrected chi connectivity index (χ2v) is 5.30. The van der Waals surface area contributed by atoms with Gasteiger partial charge in [-0.1, -0.05) is 28.9 Å². The molecule has 1 rings (SSSR count). The first-order chi connectivity index (χ1) is 5.83. The molecule has 0 aliphatic rings. The van der Waals surface area contributed by atoms with Gasteiger partial charge in [-0.2, -0.15) is 0 Å². The summed E-state index contributed by atoms with van der Waals surface area (Å²) in [6, 6.07) is 4.35. The molecule has 0 amide bonds. The van der Waals surface area contributed by atoms with E-state index in [9.17, 15) is 0 Å². The topological polar surface area (TPSA) is 0 Å². The first kappa shape index (κ1) is 10.3. The van der Waals surface area contributed by atoms with Gasteiger partial charge in [0, 0.05) is 9.70 Å². The van der Waals surface area contributed by atoms with Gasteiger partial charge in [0.15, 0.2) is 0 Å². The zero-order valence-corrected chi connectivity index (χ0v) is 9.83. The molecule has 0 spiro atoms. The molecule has 0 fully saturated rings. The van der Waals surface area contributed by atoms with Gasteiger partial charge < -0.3 is 0 Å². The van der Waals surface area contributed by atoms with E-state index in [0.717, 1.165) is 4.83 Å². The summed E-state index contributed by atoms with van der Waals surface area (Å²) in [7, 11) is 0.